The monoisotopic (exact) mass is 225 g/mol. The van der Waals surface area contributed by atoms with Crippen molar-refractivity contribution < 1.29 is 14.3 Å². The van der Waals surface area contributed by atoms with Gasteiger partial charge in [-0.05, 0) is 37.1 Å². The molecule has 0 fully saturated rings. The predicted molar refractivity (Wildman–Crippen MR) is 59.8 cm³/mol. The van der Waals surface area contributed by atoms with Crippen molar-refractivity contribution in [1.82, 2.24) is 5.32 Å². The quantitative estimate of drug-likeness (QED) is 0.818. The van der Waals surface area contributed by atoms with Gasteiger partial charge in [0.1, 0.15) is 5.82 Å². The van der Waals surface area contributed by atoms with E-state index < -0.39 is 0 Å². The normalized spacial score (nSPS) is 12.2. The van der Waals surface area contributed by atoms with E-state index in [-0.39, 0.29) is 24.4 Å². The SMILES string of the molecule is CC[C@@H](CO)NC(=O)c1ccc(F)c(C)c1. The Morgan fingerprint density at radius 1 is 1.56 bits per heavy atom. The van der Waals surface area contributed by atoms with E-state index in [2.05, 4.69) is 5.32 Å². The fourth-order valence-corrected chi connectivity index (χ4v) is 1.33. The number of benzene rings is 1. The lowest BCUT2D eigenvalue weighted by Gasteiger charge is -2.14. The predicted octanol–water partition coefficient (Wildman–Crippen LogP) is 1.63. The Bertz CT molecular complexity index is 375. The van der Waals surface area contributed by atoms with Gasteiger partial charge in [0.15, 0.2) is 0 Å². The van der Waals surface area contributed by atoms with E-state index in [0.29, 0.717) is 17.5 Å². The van der Waals surface area contributed by atoms with E-state index >= 15 is 0 Å². The first-order chi connectivity index (χ1) is 7.58. The zero-order valence-corrected chi connectivity index (χ0v) is 9.46. The van der Waals surface area contributed by atoms with Gasteiger partial charge < -0.3 is 10.4 Å². The lowest BCUT2D eigenvalue weighted by Crippen LogP contribution is -2.36. The molecule has 3 nitrogen and oxygen atoms in total. The largest absolute Gasteiger partial charge is 0.394 e. The highest BCUT2D eigenvalue weighted by atomic mass is 19.1. The summed E-state index contributed by atoms with van der Waals surface area (Å²) in [5.41, 5.74) is 0.843. The van der Waals surface area contributed by atoms with Crippen molar-refractivity contribution in [3.63, 3.8) is 0 Å². The van der Waals surface area contributed by atoms with Crippen LogP contribution in [0.3, 0.4) is 0 Å². The van der Waals surface area contributed by atoms with Crippen LogP contribution in [0.4, 0.5) is 4.39 Å². The van der Waals surface area contributed by atoms with Crippen LogP contribution in [-0.2, 0) is 0 Å². The summed E-state index contributed by atoms with van der Waals surface area (Å²) in [6, 6.07) is 3.94. The third-order valence-corrected chi connectivity index (χ3v) is 2.47. The first-order valence-corrected chi connectivity index (χ1v) is 5.26. The molecule has 0 unspecified atom stereocenters. The molecule has 2 N–H and O–H groups in total. The van der Waals surface area contributed by atoms with Gasteiger partial charge in [-0.15, -0.1) is 0 Å². The van der Waals surface area contributed by atoms with E-state index in [1.165, 1.54) is 18.2 Å². The van der Waals surface area contributed by atoms with Crippen LogP contribution in [0, 0.1) is 12.7 Å². The van der Waals surface area contributed by atoms with E-state index in [0.717, 1.165) is 0 Å². The van der Waals surface area contributed by atoms with Crippen LogP contribution < -0.4 is 5.32 Å². The summed E-state index contributed by atoms with van der Waals surface area (Å²) < 4.78 is 13.0. The van der Waals surface area contributed by atoms with Crippen LogP contribution >= 0.6 is 0 Å². The molecular weight excluding hydrogens is 209 g/mol. The zero-order chi connectivity index (χ0) is 12.1. The summed E-state index contributed by atoms with van der Waals surface area (Å²) in [4.78, 5) is 11.7. The standard InChI is InChI=1S/C12H16FNO2/c1-3-10(7-15)14-12(16)9-4-5-11(13)8(2)6-9/h4-6,10,15H,3,7H2,1-2H3,(H,14,16)/t10-/m0/s1. The van der Waals surface area contributed by atoms with E-state index in [9.17, 15) is 9.18 Å². The van der Waals surface area contributed by atoms with Crippen molar-refractivity contribution in [1.29, 1.82) is 0 Å². The lowest BCUT2D eigenvalue weighted by atomic mass is 10.1. The van der Waals surface area contributed by atoms with Gasteiger partial charge in [0, 0.05) is 5.56 Å². The maximum absolute atomic E-state index is 13.0. The molecule has 0 radical (unpaired) electrons. The summed E-state index contributed by atoms with van der Waals surface area (Å²) in [6.45, 7) is 3.38. The summed E-state index contributed by atoms with van der Waals surface area (Å²) >= 11 is 0. The molecule has 0 aromatic heterocycles. The second kappa shape index (κ2) is 5.61. The first kappa shape index (κ1) is 12.6. The Hall–Kier alpha value is -1.42. The molecule has 1 atom stereocenters. The number of aliphatic hydroxyl groups is 1. The minimum atomic E-state index is -0.328. The number of carbonyl (C=O) groups is 1. The minimum Gasteiger partial charge on any atom is -0.394 e. The molecule has 16 heavy (non-hydrogen) atoms. The van der Waals surface area contributed by atoms with Crippen molar-refractivity contribution in [2.45, 2.75) is 26.3 Å². The summed E-state index contributed by atoms with van der Waals surface area (Å²) in [6.07, 6.45) is 0.655. The fraction of sp³-hybridized carbons (Fsp3) is 0.417. The van der Waals surface area contributed by atoms with E-state index in [1.807, 2.05) is 6.92 Å². The number of hydrogen-bond donors (Lipinski definition) is 2. The molecule has 0 bridgehead atoms. The van der Waals surface area contributed by atoms with Gasteiger partial charge in [-0.25, -0.2) is 4.39 Å². The van der Waals surface area contributed by atoms with Crippen molar-refractivity contribution in [2.24, 2.45) is 0 Å². The molecule has 1 aromatic carbocycles. The molecule has 1 rings (SSSR count). The van der Waals surface area contributed by atoms with Crippen molar-refractivity contribution in [3.05, 3.63) is 35.1 Å². The third kappa shape index (κ3) is 3.03. The number of amides is 1. The van der Waals surface area contributed by atoms with Gasteiger partial charge in [-0.1, -0.05) is 6.92 Å². The Morgan fingerprint density at radius 2 is 2.25 bits per heavy atom. The van der Waals surface area contributed by atoms with Crippen LogP contribution in [0.25, 0.3) is 0 Å². The molecule has 0 spiro atoms. The fourth-order valence-electron chi connectivity index (χ4n) is 1.33. The molecule has 1 amide bonds. The average Bonchev–Trinajstić information content (AvgIpc) is 2.29. The third-order valence-electron chi connectivity index (χ3n) is 2.47. The van der Waals surface area contributed by atoms with Gasteiger partial charge >= 0.3 is 0 Å². The molecular formula is C12H16FNO2. The maximum Gasteiger partial charge on any atom is 0.251 e. The second-order valence-corrected chi connectivity index (χ2v) is 3.73. The molecule has 0 heterocycles. The van der Waals surface area contributed by atoms with Crippen molar-refractivity contribution in [3.8, 4) is 0 Å². The van der Waals surface area contributed by atoms with Crippen molar-refractivity contribution >= 4 is 5.91 Å². The highest BCUT2D eigenvalue weighted by Gasteiger charge is 2.11. The molecule has 0 saturated heterocycles. The number of nitrogens with one attached hydrogen (secondary N) is 1. The molecule has 0 aliphatic rings. The van der Waals surface area contributed by atoms with E-state index in [4.69, 9.17) is 5.11 Å². The Balaban J connectivity index is 2.76. The molecule has 1 aromatic rings. The number of halogens is 1. The van der Waals surface area contributed by atoms with E-state index in [1.54, 1.807) is 6.92 Å². The Kier molecular flexibility index (Phi) is 4.43. The van der Waals surface area contributed by atoms with Crippen molar-refractivity contribution in [2.75, 3.05) is 6.61 Å². The second-order valence-electron chi connectivity index (χ2n) is 3.73. The maximum atomic E-state index is 13.0. The van der Waals surface area contributed by atoms with Crippen LogP contribution in [0.2, 0.25) is 0 Å². The highest BCUT2D eigenvalue weighted by molar-refractivity contribution is 5.94. The Labute approximate surface area is 94.3 Å². The van der Waals surface area contributed by atoms with Crippen LogP contribution in [0.15, 0.2) is 18.2 Å². The molecule has 88 valence electrons. The van der Waals surface area contributed by atoms with Crippen LogP contribution in [0.1, 0.15) is 29.3 Å². The Morgan fingerprint density at radius 3 is 2.75 bits per heavy atom. The van der Waals surface area contributed by atoms with Gasteiger partial charge in [-0.2, -0.15) is 0 Å². The summed E-state index contributed by atoms with van der Waals surface area (Å²) in [5.74, 6) is -0.616. The summed E-state index contributed by atoms with van der Waals surface area (Å²) in [5, 5.41) is 11.6. The number of aliphatic hydroxyl groups excluding tert-OH is 1. The number of aryl methyl sites for hydroxylation is 1. The van der Waals surface area contributed by atoms with Gasteiger partial charge in [0.25, 0.3) is 5.91 Å². The molecule has 0 aliphatic carbocycles. The topological polar surface area (TPSA) is 49.3 Å². The number of hydrogen-bond acceptors (Lipinski definition) is 2. The molecule has 4 heteroatoms. The number of rotatable bonds is 4. The highest BCUT2D eigenvalue weighted by Crippen LogP contribution is 2.09. The smallest absolute Gasteiger partial charge is 0.251 e. The number of carbonyl (C=O) groups excluding carboxylic acids is 1. The average molecular weight is 225 g/mol. The molecule has 0 saturated carbocycles. The first-order valence-electron chi connectivity index (χ1n) is 5.26. The zero-order valence-electron chi connectivity index (χ0n) is 9.46. The minimum absolute atomic E-state index is 0.0948. The lowest BCUT2D eigenvalue weighted by molar-refractivity contribution is 0.0915. The van der Waals surface area contributed by atoms with Gasteiger partial charge in [0.05, 0.1) is 12.6 Å². The van der Waals surface area contributed by atoms with Crippen LogP contribution in [-0.4, -0.2) is 23.7 Å². The molecule has 0 aliphatic heterocycles. The van der Waals surface area contributed by atoms with Gasteiger partial charge in [0.2, 0.25) is 0 Å². The van der Waals surface area contributed by atoms with Gasteiger partial charge in [-0.3, -0.25) is 4.79 Å². The van der Waals surface area contributed by atoms with Crippen LogP contribution in [0.5, 0.6) is 0 Å². The summed E-state index contributed by atoms with van der Waals surface area (Å²) in [7, 11) is 0.